The number of aliphatic hydroxyl groups is 1. The standard InChI is InChI=1S/C17H27NO2/c1-16(2)15(10-12-18-20)9-6-11-17(16,19)13-14-7-4-3-5-8-14/h4,7,9,12,14,19-20H,3,5-6,8,10-11,13H2,1-2H3/b18-12+. The maximum Gasteiger partial charge on any atom is 0.0744 e. The fraction of sp³-hybridized carbons (Fsp3) is 0.706. The molecule has 2 rings (SSSR count). The first-order chi connectivity index (χ1) is 9.49. The van der Waals surface area contributed by atoms with Crippen molar-refractivity contribution in [3.63, 3.8) is 0 Å². The topological polar surface area (TPSA) is 52.8 Å². The molecule has 0 radical (unpaired) electrons. The first-order valence-corrected chi connectivity index (χ1v) is 7.74. The van der Waals surface area contributed by atoms with Crippen molar-refractivity contribution in [1.82, 2.24) is 0 Å². The molecule has 0 aromatic carbocycles. The van der Waals surface area contributed by atoms with E-state index in [9.17, 15) is 5.11 Å². The average Bonchev–Trinajstić information content (AvgIpc) is 2.42. The third kappa shape index (κ3) is 2.98. The summed E-state index contributed by atoms with van der Waals surface area (Å²) in [5.74, 6) is 0.499. The molecule has 2 N–H and O–H groups in total. The van der Waals surface area contributed by atoms with Crippen molar-refractivity contribution >= 4 is 6.21 Å². The first-order valence-electron chi connectivity index (χ1n) is 7.74. The van der Waals surface area contributed by atoms with Crippen LogP contribution in [-0.2, 0) is 0 Å². The highest BCUT2D eigenvalue weighted by atomic mass is 16.4. The largest absolute Gasteiger partial charge is 0.411 e. The predicted molar refractivity (Wildman–Crippen MR) is 82.0 cm³/mol. The van der Waals surface area contributed by atoms with Crippen LogP contribution < -0.4 is 0 Å². The van der Waals surface area contributed by atoms with Crippen molar-refractivity contribution in [2.24, 2.45) is 16.5 Å². The van der Waals surface area contributed by atoms with E-state index in [2.05, 4.69) is 37.2 Å². The van der Waals surface area contributed by atoms with Gasteiger partial charge in [0.25, 0.3) is 0 Å². The van der Waals surface area contributed by atoms with E-state index in [-0.39, 0.29) is 5.41 Å². The molecule has 2 aliphatic rings. The van der Waals surface area contributed by atoms with Crippen molar-refractivity contribution in [1.29, 1.82) is 0 Å². The Bertz CT molecular complexity index is 423. The van der Waals surface area contributed by atoms with Crippen LogP contribution in [0, 0.1) is 11.3 Å². The van der Waals surface area contributed by atoms with Gasteiger partial charge in [0.15, 0.2) is 0 Å². The Balaban J connectivity index is 2.15. The van der Waals surface area contributed by atoms with Crippen LogP contribution in [-0.4, -0.2) is 22.1 Å². The van der Waals surface area contributed by atoms with E-state index >= 15 is 0 Å². The smallest absolute Gasteiger partial charge is 0.0744 e. The summed E-state index contributed by atoms with van der Waals surface area (Å²) in [4.78, 5) is 0. The fourth-order valence-corrected chi connectivity index (χ4v) is 3.67. The van der Waals surface area contributed by atoms with E-state index in [1.807, 2.05) is 0 Å². The van der Waals surface area contributed by atoms with Gasteiger partial charge < -0.3 is 10.3 Å². The highest BCUT2D eigenvalue weighted by Crippen LogP contribution is 2.49. The van der Waals surface area contributed by atoms with Gasteiger partial charge in [-0.05, 0) is 44.4 Å². The van der Waals surface area contributed by atoms with E-state index < -0.39 is 5.60 Å². The molecule has 0 saturated heterocycles. The van der Waals surface area contributed by atoms with Crippen molar-refractivity contribution < 1.29 is 10.3 Å². The molecule has 3 nitrogen and oxygen atoms in total. The lowest BCUT2D eigenvalue weighted by Gasteiger charge is -2.48. The van der Waals surface area contributed by atoms with Crippen molar-refractivity contribution in [2.45, 2.75) is 64.4 Å². The molecule has 0 aromatic rings. The Kier molecular flexibility index (Phi) is 4.69. The third-order valence-electron chi connectivity index (χ3n) is 5.26. The molecule has 112 valence electrons. The molecule has 0 bridgehead atoms. The quantitative estimate of drug-likeness (QED) is 0.352. The van der Waals surface area contributed by atoms with Gasteiger partial charge in [0.1, 0.15) is 0 Å². The minimum absolute atomic E-state index is 0.266. The molecular weight excluding hydrogens is 250 g/mol. The number of allylic oxidation sites excluding steroid dienone is 3. The van der Waals surface area contributed by atoms with Crippen molar-refractivity contribution in [3.8, 4) is 0 Å². The molecule has 0 saturated carbocycles. The lowest BCUT2D eigenvalue weighted by Crippen LogP contribution is -2.49. The van der Waals surface area contributed by atoms with Gasteiger partial charge in [-0.2, -0.15) is 0 Å². The maximum absolute atomic E-state index is 11.2. The second-order valence-electron chi connectivity index (χ2n) is 6.75. The van der Waals surface area contributed by atoms with Gasteiger partial charge in [-0.3, -0.25) is 0 Å². The van der Waals surface area contributed by atoms with Crippen molar-refractivity contribution in [2.75, 3.05) is 0 Å². The minimum Gasteiger partial charge on any atom is -0.411 e. The summed E-state index contributed by atoms with van der Waals surface area (Å²) in [5.41, 5.74) is 0.258. The second-order valence-corrected chi connectivity index (χ2v) is 6.75. The zero-order valence-electron chi connectivity index (χ0n) is 12.7. The first kappa shape index (κ1) is 15.3. The van der Waals surface area contributed by atoms with Gasteiger partial charge in [0.05, 0.1) is 5.60 Å². The predicted octanol–water partition coefficient (Wildman–Crippen LogP) is 4.06. The van der Waals surface area contributed by atoms with E-state index in [4.69, 9.17) is 5.21 Å². The second kappa shape index (κ2) is 6.13. The van der Waals surface area contributed by atoms with Crippen molar-refractivity contribution in [3.05, 3.63) is 23.8 Å². The summed E-state index contributed by atoms with van der Waals surface area (Å²) >= 11 is 0. The summed E-state index contributed by atoms with van der Waals surface area (Å²) in [6.45, 7) is 4.24. The fourth-order valence-electron chi connectivity index (χ4n) is 3.67. The van der Waals surface area contributed by atoms with Crippen LogP contribution in [0.5, 0.6) is 0 Å². The van der Waals surface area contributed by atoms with Gasteiger partial charge >= 0.3 is 0 Å². The summed E-state index contributed by atoms with van der Waals surface area (Å²) in [7, 11) is 0. The summed E-state index contributed by atoms with van der Waals surface area (Å²) in [6, 6.07) is 0. The maximum atomic E-state index is 11.2. The molecule has 0 spiro atoms. The zero-order valence-corrected chi connectivity index (χ0v) is 12.7. The van der Waals surface area contributed by atoms with Crippen LogP contribution in [0.1, 0.15) is 58.8 Å². The lowest BCUT2D eigenvalue weighted by molar-refractivity contribution is -0.0757. The molecule has 0 heterocycles. The number of nitrogens with zero attached hydrogens (tertiary/aromatic N) is 1. The van der Waals surface area contributed by atoms with Crippen LogP contribution in [0.4, 0.5) is 0 Å². The van der Waals surface area contributed by atoms with Crippen LogP contribution >= 0.6 is 0 Å². The molecule has 0 aromatic heterocycles. The molecular formula is C17H27NO2. The van der Waals surface area contributed by atoms with Gasteiger partial charge in [0, 0.05) is 18.1 Å². The minimum atomic E-state index is -0.660. The van der Waals surface area contributed by atoms with Crippen LogP contribution in [0.15, 0.2) is 29.0 Å². The average molecular weight is 277 g/mol. The number of hydrogen-bond acceptors (Lipinski definition) is 3. The summed E-state index contributed by atoms with van der Waals surface area (Å²) in [6.07, 6.45) is 15.0. The number of oxime groups is 1. The van der Waals surface area contributed by atoms with Crippen LogP contribution in [0.2, 0.25) is 0 Å². The third-order valence-corrected chi connectivity index (χ3v) is 5.26. The molecule has 2 unspecified atom stereocenters. The number of rotatable bonds is 4. The van der Waals surface area contributed by atoms with E-state index in [1.165, 1.54) is 31.1 Å². The Morgan fingerprint density at radius 2 is 2.20 bits per heavy atom. The molecule has 20 heavy (non-hydrogen) atoms. The number of hydrogen-bond donors (Lipinski definition) is 2. The van der Waals surface area contributed by atoms with E-state index in [0.29, 0.717) is 12.3 Å². The highest BCUT2D eigenvalue weighted by Gasteiger charge is 2.47. The summed E-state index contributed by atoms with van der Waals surface area (Å²) < 4.78 is 0. The summed E-state index contributed by atoms with van der Waals surface area (Å²) in [5, 5.41) is 23.0. The Morgan fingerprint density at radius 1 is 1.40 bits per heavy atom. The molecule has 0 amide bonds. The monoisotopic (exact) mass is 277 g/mol. The highest BCUT2D eigenvalue weighted by molar-refractivity contribution is 5.61. The Hall–Kier alpha value is -1.09. The van der Waals surface area contributed by atoms with Gasteiger partial charge in [-0.1, -0.05) is 37.6 Å². The lowest BCUT2D eigenvalue weighted by atomic mass is 9.60. The SMILES string of the molecule is CC1(C)C(C/C=N/O)=CCCC1(O)CC1C=CCCC1. The molecule has 3 heteroatoms. The van der Waals surface area contributed by atoms with Gasteiger partial charge in [-0.15, -0.1) is 5.16 Å². The molecule has 2 aliphatic carbocycles. The molecule has 2 atom stereocenters. The van der Waals surface area contributed by atoms with Gasteiger partial charge in [-0.25, -0.2) is 0 Å². The Labute approximate surface area is 122 Å². The van der Waals surface area contributed by atoms with E-state index in [0.717, 1.165) is 19.3 Å². The normalized spacial score (nSPS) is 33.4. The van der Waals surface area contributed by atoms with E-state index in [1.54, 1.807) is 0 Å². The zero-order chi connectivity index (χ0) is 14.6. The Morgan fingerprint density at radius 3 is 2.85 bits per heavy atom. The van der Waals surface area contributed by atoms with Crippen LogP contribution in [0.3, 0.4) is 0 Å². The van der Waals surface area contributed by atoms with Crippen LogP contribution in [0.25, 0.3) is 0 Å². The molecule has 0 aliphatic heterocycles. The van der Waals surface area contributed by atoms with Gasteiger partial charge in [0.2, 0.25) is 0 Å². The molecule has 0 fully saturated rings.